The Labute approximate surface area is 276 Å². The minimum atomic E-state index is -0.996. The Morgan fingerprint density at radius 1 is 0.851 bits per heavy atom. The van der Waals surface area contributed by atoms with Gasteiger partial charge in [-0.3, -0.25) is 14.6 Å². The third kappa shape index (κ3) is 8.93. The number of aliphatic hydroxyl groups is 1. The van der Waals surface area contributed by atoms with Gasteiger partial charge in [-0.15, -0.1) is 0 Å². The van der Waals surface area contributed by atoms with Gasteiger partial charge in [-0.25, -0.2) is 0 Å². The number of ether oxygens (including phenoxy) is 1. The predicted octanol–water partition coefficient (Wildman–Crippen LogP) is 5.24. The SMILES string of the molecule is CNCCCC[C@H](CC(=O)[C@H](Cc1ccccc1)N=C([O-])OCC1c2ccccc2-c2ccccc21)C(=O)Nc1ccc(CO)cc1. The van der Waals surface area contributed by atoms with Gasteiger partial charge in [-0.1, -0.05) is 97.4 Å². The summed E-state index contributed by atoms with van der Waals surface area (Å²) in [6, 6.07) is 31.6. The molecule has 2 atom stereocenters. The molecule has 1 aliphatic rings. The Kier molecular flexibility index (Phi) is 11.9. The molecule has 1 aliphatic carbocycles. The van der Waals surface area contributed by atoms with E-state index in [1.54, 1.807) is 24.3 Å². The molecule has 0 heterocycles. The van der Waals surface area contributed by atoms with Crippen LogP contribution in [0.3, 0.4) is 0 Å². The summed E-state index contributed by atoms with van der Waals surface area (Å²) >= 11 is 0. The highest BCUT2D eigenvalue weighted by atomic mass is 16.6. The average Bonchev–Trinajstić information content (AvgIpc) is 3.42. The number of aliphatic hydroxyl groups excluding tert-OH is 1. The molecule has 0 saturated heterocycles. The van der Waals surface area contributed by atoms with Crippen LogP contribution in [0.4, 0.5) is 5.69 Å². The number of ketones is 1. The fourth-order valence-electron chi connectivity index (χ4n) is 6.16. The van der Waals surface area contributed by atoms with E-state index in [0.717, 1.165) is 52.8 Å². The van der Waals surface area contributed by atoms with E-state index in [9.17, 15) is 19.8 Å². The van der Waals surface area contributed by atoms with Crippen LogP contribution in [-0.4, -0.2) is 49.1 Å². The lowest BCUT2D eigenvalue weighted by molar-refractivity contribution is -0.251. The van der Waals surface area contributed by atoms with Crippen LogP contribution in [0.5, 0.6) is 0 Å². The molecule has 0 bridgehead atoms. The van der Waals surface area contributed by atoms with E-state index < -0.39 is 18.0 Å². The number of fused-ring (bicyclic) bond motifs is 3. The van der Waals surface area contributed by atoms with Gasteiger partial charge < -0.3 is 25.6 Å². The van der Waals surface area contributed by atoms with Crippen molar-refractivity contribution in [2.45, 2.75) is 50.7 Å². The van der Waals surface area contributed by atoms with E-state index >= 15 is 0 Å². The summed E-state index contributed by atoms with van der Waals surface area (Å²) in [5.74, 6) is -1.28. The largest absolute Gasteiger partial charge is 0.599 e. The molecule has 0 saturated carbocycles. The van der Waals surface area contributed by atoms with Crippen LogP contribution in [0.15, 0.2) is 108 Å². The summed E-state index contributed by atoms with van der Waals surface area (Å²) in [4.78, 5) is 31.7. The van der Waals surface area contributed by atoms with Crippen molar-refractivity contribution in [1.82, 2.24) is 5.32 Å². The van der Waals surface area contributed by atoms with E-state index in [2.05, 4.69) is 39.9 Å². The molecule has 0 radical (unpaired) electrons. The van der Waals surface area contributed by atoms with Gasteiger partial charge in [0, 0.05) is 37.0 Å². The zero-order chi connectivity index (χ0) is 33.0. The molecule has 0 fully saturated rings. The summed E-state index contributed by atoms with van der Waals surface area (Å²) in [5.41, 5.74) is 6.63. The Morgan fingerprint density at radius 3 is 2.13 bits per heavy atom. The number of nitrogens with zero attached hydrogens (tertiary/aromatic N) is 1. The molecule has 4 aromatic carbocycles. The first kappa shape index (κ1) is 33.6. The van der Waals surface area contributed by atoms with Crippen molar-refractivity contribution in [2.75, 3.05) is 25.5 Å². The number of aliphatic imine (C=N–C) groups is 1. The van der Waals surface area contributed by atoms with Gasteiger partial charge in [0.2, 0.25) is 5.91 Å². The number of hydrogen-bond donors (Lipinski definition) is 3. The van der Waals surface area contributed by atoms with Crippen molar-refractivity contribution >= 4 is 23.5 Å². The maximum atomic E-state index is 13.9. The Bertz CT molecular complexity index is 1610. The molecule has 1 amide bonds. The van der Waals surface area contributed by atoms with E-state index in [4.69, 9.17) is 4.74 Å². The number of Topliss-reactive ketones (excluding diaryl/α,β-unsaturated/α-hetero) is 1. The number of carbonyl (C=O) groups excluding carboxylic acids is 2. The van der Waals surface area contributed by atoms with Crippen LogP contribution in [-0.2, 0) is 27.4 Å². The lowest BCUT2D eigenvalue weighted by Gasteiger charge is -2.23. The summed E-state index contributed by atoms with van der Waals surface area (Å²) < 4.78 is 5.74. The highest BCUT2D eigenvalue weighted by Crippen LogP contribution is 2.44. The number of hydrogen-bond acceptors (Lipinski definition) is 7. The number of benzene rings is 4. The van der Waals surface area contributed by atoms with Gasteiger partial charge in [-0.05, 0) is 71.9 Å². The zero-order valence-electron chi connectivity index (χ0n) is 26.7. The van der Waals surface area contributed by atoms with Gasteiger partial charge in [0.05, 0.1) is 6.61 Å². The Morgan fingerprint density at radius 2 is 1.49 bits per heavy atom. The highest BCUT2D eigenvalue weighted by molar-refractivity contribution is 5.97. The lowest BCUT2D eigenvalue weighted by Crippen LogP contribution is -2.33. The second kappa shape index (κ2) is 16.7. The summed E-state index contributed by atoms with van der Waals surface area (Å²) in [6.45, 7) is 0.819. The first-order chi connectivity index (χ1) is 23.0. The van der Waals surface area contributed by atoms with Crippen molar-refractivity contribution in [1.29, 1.82) is 0 Å². The molecule has 0 aromatic heterocycles. The standard InChI is InChI=1S/C39H43N3O5/c1-40-22-10-9-13-29(38(45)41-30-20-18-28(25-43)19-21-30)24-37(44)36(23-27-11-3-2-4-12-27)42-39(46)47-26-35-33-16-7-5-14-31(33)32-15-6-8-17-34(32)35/h2-8,11-12,14-21,29,35-36,40,43H,9-10,13,22-26H2,1H3,(H,41,45)(H,42,46)/p-1/t29-,36+/m1/s1. The minimum absolute atomic E-state index is 0.0578. The maximum absolute atomic E-state index is 13.9. The smallest absolute Gasteiger partial charge is 0.227 e. The van der Waals surface area contributed by atoms with Crippen LogP contribution in [0.1, 0.15) is 53.9 Å². The number of carbonyl (C=O) groups is 2. The monoisotopic (exact) mass is 632 g/mol. The number of unbranched alkanes of at least 4 members (excludes halogenated alkanes) is 1. The Hall–Kier alpha value is -4.79. The normalized spacial score (nSPS) is 13.8. The number of rotatable bonds is 16. The van der Waals surface area contributed by atoms with E-state index in [1.165, 1.54) is 0 Å². The first-order valence-corrected chi connectivity index (χ1v) is 16.2. The van der Waals surface area contributed by atoms with Crippen molar-refractivity contribution in [3.05, 3.63) is 125 Å². The summed E-state index contributed by atoms with van der Waals surface area (Å²) in [6.07, 6.45) is 1.50. The molecule has 0 unspecified atom stereocenters. The van der Waals surface area contributed by atoms with E-state index in [-0.39, 0.29) is 43.7 Å². The molecular formula is C39H42N3O5-. The van der Waals surface area contributed by atoms with Gasteiger partial charge in [0.25, 0.3) is 0 Å². The first-order valence-electron chi connectivity index (χ1n) is 16.2. The molecular weight excluding hydrogens is 590 g/mol. The minimum Gasteiger partial charge on any atom is -0.599 e. The molecule has 0 spiro atoms. The van der Waals surface area contributed by atoms with Crippen molar-refractivity contribution in [3.8, 4) is 11.1 Å². The van der Waals surface area contributed by atoms with Gasteiger partial charge >= 0.3 is 0 Å². The number of anilines is 1. The Balaban J connectivity index is 1.32. The average molecular weight is 633 g/mol. The van der Waals surface area contributed by atoms with Gasteiger partial charge in [0.15, 0.2) is 5.78 Å². The summed E-state index contributed by atoms with van der Waals surface area (Å²) in [7, 11) is 1.88. The van der Waals surface area contributed by atoms with Crippen molar-refractivity contribution < 1.29 is 24.5 Å². The van der Waals surface area contributed by atoms with Crippen LogP contribution in [0, 0.1) is 5.92 Å². The lowest BCUT2D eigenvalue weighted by atomic mass is 9.90. The quantitative estimate of drug-likeness (QED) is 0.0883. The fraction of sp³-hybridized carbons (Fsp3) is 0.308. The van der Waals surface area contributed by atoms with E-state index in [1.807, 2.05) is 61.6 Å². The molecule has 4 aromatic rings. The van der Waals surface area contributed by atoms with Crippen molar-refractivity contribution in [2.24, 2.45) is 10.9 Å². The molecule has 47 heavy (non-hydrogen) atoms. The third-order valence-corrected chi connectivity index (χ3v) is 8.69. The van der Waals surface area contributed by atoms with Crippen molar-refractivity contribution in [3.63, 3.8) is 0 Å². The predicted molar refractivity (Wildman–Crippen MR) is 183 cm³/mol. The molecule has 0 aliphatic heterocycles. The zero-order valence-corrected chi connectivity index (χ0v) is 26.7. The van der Waals surface area contributed by atoms with E-state index in [0.29, 0.717) is 12.1 Å². The van der Waals surface area contributed by atoms with Gasteiger partial charge in [0.1, 0.15) is 12.1 Å². The van der Waals surface area contributed by atoms with Crippen LogP contribution in [0.2, 0.25) is 0 Å². The van der Waals surface area contributed by atoms with Gasteiger partial charge in [-0.2, -0.15) is 0 Å². The van der Waals surface area contributed by atoms with Crippen LogP contribution in [0.25, 0.3) is 11.1 Å². The third-order valence-electron chi connectivity index (χ3n) is 8.69. The molecule has 5 rings (SSSR count). The topological polar surface area (TPSA) is 123 Å². The molecule has 8 heteroatoms. The summed E-state index contributed by atoms with van der Waals surface area (Å²) in [5, 5.41) is 28.6. The molecule has 8 nitrogen and oxygen atoms in total. The maximum Gasteiger partial charge on any atom is 0.227 e. The number of nitrogens with one attached hydrogen (secondary N) is 2. The van der Waals surface area contributed by atoms with Crippen LogP contribution < -0.4 is 15.7 Å². The molecule has 3 N–H and O–H groups in total. The fourth-order valence-corrected chi connectivity index (χ4v) is 6.16. The van der Waals surface area contributed by atoms with Crippen LogP contribution >= 0.6 is 0 Å². The second-order valence-corrected chi connectivity index (χ2v) is 11.9. The molecule has 244 valence electrons. The highest BCUT2D eigenvalue weighted by Gasteiger charge is 2.28. The number of amides is 1. The second-order valence-electron chi connectivity index (χ2n) is 11.9.